The molecule has 1 unspecified atom stereocenters. The van der Waals surface area contributed by atoms with E-state index in [2.05, 4.69) is 5.10 Å². The highest BCUT2D eigenvalue weighted by atomic mass is 16.1. The standard InChI is InChI=1S/C10H10N2O/c1-8(7-13)12-10-5-3-2-4-9(10)6-11-12/h2-8H,1H3. The van der Waals surface area contributed by atoms with Crippen LogP contribution in [0.3, 0.4) is 0 Å². The molecule has 0 radical (unpaired) electrons. The zero-order valence-electron chi connectivity index (χ0n) is 7.34. The minimum absolute atomic E-state index is 0.195. The number of carbonyl (C=O) groups is 1. The van der Waals surface area contributed by atoms with Crippen molar-refractivity contribution in [1.29, 1.82) is 0 Å². The summed E-state index contributed by atoms with van der Waals surface area (Å²) in [6, 6.07) is 7.65. The zero-order valence-corrected chi connectivity index (χ0v) is 7.34. The van der Waals surface area contributed by atoms with Gasteiger partial charge in [0.1, 0.15) is 12.3 Å². The van der Waals surface area contributed by atoms with E-state index in [1.165, 1.54) is 0 Å². The minimum atomic E-state index is -0.195. The van der Waals surface area contributed by atoms with Gasteiger partial charge in [-0.3, -0.25) is 4.68 Å². The molecule has 0 saturated heterocycles. The molecule has 0 fully saturated rings. The Morgan fingerprint density at radius 3 is 3.00 bits per heavy atom. The monoisotopic (exact) mass is 174 g/mol. The molecule has 0 aliphatic carbocycles. The van der Waals surface area contributed by atoms with Crippen molar-refractivity contribution in [3.05, 3.63) is 30.5 Å². The van der Waals surface area contributed by atoms with E-state index < -0.39 is 0 Å². The Morgan fingerprint density at radius 1 is 1.46 bits per heavy atom. The maximum atomic E-state index is 10.6. The fraction of sp³-hybridized carbons (Fsp3) is 0.200. The van der Waals surface area contributed by atoms with Crippen molar-refractivity contribution in [2.24, 2.45) is 0 Å². The van der Waals surface area contributed by atoms with Gasteiger partial charge in [-0.15, -0.1) is 0 Å². The second-order valence-electron chi connectivity index (χ2n) is 3.02. The smallest absolute Gasteiger partial charge is 0.144 e. The molecule has 2 aromatic rings. The first kappa shape index (κ1) is 7.98. The van der Waals surface area contributed by atoms with Gasteiger partial charge in [0.05, 0.1) is 11.7 Å². The zero-order chi connectivity index (χ0) is 9.26. The van der Waals surface area contributed by atoms with Crippen molar-refractivity contribution >= 4 is 17.2 Å². The number of hydrogen-bond donors (Lipinski definition) is 0. The summed E-state index contributed by atoms with van der Waals surface area (Å²) in [5.41, 5.74) is 1.00. The van der Waals surface area contributed by atoms with Crippen LogP contribution in [0.15, 0.2) is 30.5 Å². The van der Waals surface area contributed by atoms with Crippen LogP contribution in [0.4, 0.5) is 0 Å². The molecule has 1 aromatic carbocycles. The Labute approximate surface area is 76.0 Å². The Balaban J connectivity index is 2.64. The molecule has 13 heavy (non-hydrogen) atoms. The summed E-state index contributed by atoms with van der Waals surface area (Å²) < 4.78 is 1.72. The topological polar surface area (TPSA) is 34.9 Å². The number of para-hydroxylation sites is 1. The van der Waals surface area contributed by atoms with Crippen LogP contribution in [0.2, 0.25) is 0 Å². The SMILES string of the molecule is CC(C=O)n1ncc2ccccc21. The van der Waals surface area contributed by atoms with E-state index in [9.17, 15) is 4.79 Å². The van der Waals surface area contributed by atoms with E-state index in [0.717, 1.165) is 17.2 Å². The molecule has 0 aliphatic rings. The molecule has 1 atom stereocenters. The fourth-order valence-electron chi connectivity index (χ4n) is 1.37. The van der Waals surface area contributed by atoms with Gasteiger partial charge in [-0.1, -0.05) is 18.2 Å². The first-order valence-corrected chi connectivity index (χ1v) is 4.20. The van der Waals surface area contributed by atoms with Gasteiger partial charge in [-0.05, 0) is 13.0 Å². The molecule has 66 valence electrons. The Bertz CT molecular complexity index is 433. The van der Waals surface area contributed by atoms with Crippen molar-refractivity contribution in [3.63, 3.8) is 0 Å². The number of benzene rings is 1. The molecular formula is C10H10N2O. The minimum Gasteiger partial charge on any atom is -0.301 e. The maximum Gasteiger partial charge on any atom is 0.144 e. The maximum absolute atomic E-state index is 10.6. The van der Waals surface area contributed by atoms with Crippen LogP contribution < -0.4 is 0 Å². The van der Waals surface area contributed by atoms with Crippen molar-refractivity contribution < 1.29 is 4.79 Å². The Kier molecular flexibility index (Phi) is 1.85. The molecule has 0 bridgehead atoms. The second-order valence-corrected chi connectivity index (χ2v) is 3.02. The molecule has 0 saturated carbocycles. The van der Waals surface area contributed by atoms with Crippen LogP contribution in [-0.2, 0) is 4.79 Å². The summed E-state index contributed by atoms with van der Waals surface area (Å²) in [6.45, 7) is 1.83. The van der Waals surface area contributed by atoms with Gasteiger partial charge in [0, 0.05) is 5.39 Å². The summed E-state index contributed by atoms with van der Waals surface area (Å²) in [5, 5.41) is 5.22. The van der Waals surface area contributed by atoms with Gasteiger partial charge in [-0.2, -0.15) is 5.10 Å². The third kappa shape index (κ3) is 1.22. The van der Waals surface area contributed by atoms with E-state index in [1.807, 2.05) is 31.2 Å². The highest BCUT2D eigenvalue weighted by molar-refractivity contribution is 5.79. The number of nitrogens with zero attached hydrogens (tertiary/aromatic N) is 2. The quantitative estimate of drug-likeness (QED) is 0.650. The van der Waals surface area contributed by atoms with E-state index in [4.69, 9.17) is 0 Å². The number of fused-ring (bicyclic) bond motifs is 1. The predicted octanol–water partition coefficient (Wildman–Crippen LogP) is 1.80. The average Bonchev–Trinajstić information content (AvgIpc) is 2.60. The van der Waals surface area contributed by atoms with Gasteiger partial charge in [0.25, 0.3) is 0 Å². The normalized spacial score (nSPS) is 13.0. The number of carbonyl (C=O) groups excluding carboxylic acids is 1. The van der Waals surface area contributed by atoms with E-state index >= 15 is 0 Å². The highest BCUT2D eigenvalue weighted by Gasteiger charge is 2.06. The molecule has 0 aliphatic heterocycles. The lowest BCUT2D eigenvalue weighted by molar-refractivity contribution is -0.110. The van der Waals surface area contributed by atoms with Gasteiger partial charge in [-0.25, -0.2) is 0 Å². The summed E-state index contributed by atoms with van der Waals surface area (Å²) >= 11 is 0. The fourth-order valence-corrected chi connectivity index (χ4v) is 1.37. The Morgan fingerprint density at radius 2 is 2.23 bits per heavy atom. The second kappa shape index (κ2) is 3.01. The van der Waals surface area contributed by atoms with E-state index in [0.29, 0.717) is 0 Å². The van der Waals surface area contributed by atoms with Crippen LogP contribution in [0.1, 0.15) is 13.0 Å². The van der Waals surface area contributed by atoms with Crippen LogP contribution in [0, 0.1) is 0 Å². The van der Waals surface area contributed by atoms with Gasteiger partial charge in [0.2, 0.25) is 0 Å². The molecule has 0 N–H and O–H groups in total. The summed E-state index contributed by atoms with van der Waals surface area (Å²) in [4.78, 5) is 10.6. The molecule has 3 nitrogen and oxygen atoms in total. The van der Waals surface area contributed by atoms with E-state index in [-0.39, 0.29) is 6.04 Å². The first-order chi connectivity index (χ1) is 6.33. The lowest BCUT2D eigenvalue weighted by Crippen LogP contribution is -2.07. The molecule has 1 aromatic heterocycles. The molecule has 3 heteroatoms. The molecule has 0 amide bonds. The van der Waals surface area contributed by atoms with Gasteiger partial charge in [0.15, 0.2) is 0 Å². The number of aldehydes is 1. The number of aromatic nitrogens is 2. The summed E-state index contributed by atoms with van der Waals surface area (Å²) in [6.07, 6.45) is 2.66. The lowest BCUT2D eigenvalue weighted by Gasteiger charge is -2.04. The molecule has 0 spiro atoms. The van der Waals surface area contributed by atoms with Gasteiger partial charge < -0.3 is 4.79 Å². The van der Waals surface area contributed by atoms with Crippen molar-refractivity contribution in [2.45, 2.75) is 13.0 Å². The predicted molar refractivity (Wildman–Crippen MR) is 50.5 cm³/mol. The average molecular weight is 174 g/mol. The highest BCUT2D eigenvalue weighted by Crippen LogP contribution is 2.15. The third-order valence-electron chi connectivity index (χ3n) is 2.09. The largest absolute Gasteiger partial charge is 0.301 e. The summed E-state index contributed by atoms with van der Waals surface area (Å²) in [7, 11) is 0. The molecular weight excluding hydrogens is 164 g/mol. The van der Waals surface area contributed by atoms with Crippen LogP contribution >= 0.6 is 0 Å². The lowest BCUT2D eigenvalue weighted by atomic mass is 10.2. The van der Waals surface area contributed by atoms with Crippen LogP contribution in [-0.4, -0.2) is 16.1 Å². The number of rotatable bonds is 2. The summed E-state index contributed by atoms with van der Waals surface area (Å²) in [5.74, 6) is 0. The Hall–Kier alpha value is -1.64. The third-order valence-corrected chi connectivity index (χ3v) is 2.09. The molecule has 2 rings (SSSR count). The van der Waals surface area contributed by atoms with E-state index in [1.54, 1.807) is 10.9 Å². The van der Waals surface area contributed by atoms with Crippen LogP contribution in [0.25, 0.3) is 10.9 Å². The van der Waals surface area contributed by atoms with Crippen molar-refractivity contribution in [2.75, 3.05) is 0 Å². The first-order valence-electron chi connectivity index (χ1n) is 4.20. The molecule has 1 heterocycles. The van der Waals surface area contributed by atoms with Gasteiger partial charge >= 0.3 is 0 Å². The number of hydrogen-bond acceptors (Lipinski definition) is 2. The van der Waals surface area contributed by atoms with Crippen molar-refractivity contribution in [1.82, 2.24) is 9.78 Å². The van der Waals surface area contributed by atoms with Crippen LogP contribution in [0.5, 0.6) is 0 Å². The van der Waals surface area contributed by atoms with Crippen molar-refractivity contribution in [3.8, 4) is 0 Å².